The number of ether oxygens (including phenoxy) is 2. The SMILES string of the molecule is COCCN1C(=O)C(=O)/C(=C(/O)c2ccncc2)C1c1cccc(OCc2ccccc2)c1. The van der Waals surface area contributed by atoms with Gasteiger partial charge in [-0.3, -0.25) is 14.6 Å². The number of aromatic nitrogens is 1. The van der Waals surface area contributed by atoms with Crippen LogP contribution in [0.2, 0.25) is 0 Å². The normalized spacial score (nSPS) is 17.4. The van der Waals surface area contributed by atoms with E-state index in [1.165, 1.54) is 24.4 Å². The molecule has 1 aromatic heterocycles. The van der Waals surface area contributed by atoms with E-state index >= 15 is 0 Å². The molecular formula is C26H24N2O5. The standard InChI is InChI=1S/C26H24N2O5/c1-32-15-14-28-23(22(25(30)26(28)31)24(29)19-10-12-27-13-11-19)20-8-5-9-21(16-20)33-17-18-6-3-2-4-7-18/h2-13,16,23,29H,14-15,17H2,1H3/b24-22+. The van der Waals surface area contributed by atoms with Crippen molar-refractivity contribution in [3.8, 4) is 5.75 Å². The van der Waals surface area contributed by atoms with Crippen molar-refractivity contribution in [2.45, 2.75) is 12.6 Å². The van der Waals surface area contributed by atoms with Crippen molar-refractivity contribution in [1.82, 2.24) is 9.88 Å². The third kappa shape index (κ3) is 4.78. The maximum atomic E-state index is 13.0. The lowest BCUT2D eigenvalue weighted by Gasteiger charge is -2.25. The fourth-order valence-electron chi connectivity index (χ4n) is 3.83. The number of hydrogen-bond donors (Lipinski definition) is 1. The van der Waals surface area contributed by atoms with Gasteiger partial charge in [0.05, 0.1) is 18.2 Å². The van der Waals surface area contributed by atoms with Gasteiger partial charge in [0.25, 0.3) is 11.7 Å². The summed E-state index contributed by atoms with van der Waals surface area (Å²) in [5.74, 6) is -1.06. The van der Waals surface area contributed by atoms with E-state index in [9.17, 15) is 14.7 Å². The Morgan fingerprint density at radius 1 is 1.03 bits per heavy atom. The highest BCUT2D eigenvalue weighted by atomic mass is 16.5. The molecule has 1 unspecified atom stereocenters. The number of carbonyl (C=O) groups is 2. The maximum Gasteiger partial charge on any atom is 0.295 e. The van der Waals surface area contributed by atoms with E-state index in [0.29, 0.717) is 23.5 Å². The summed E-state index contributed by atoms with van der Waals surface area (Å²) >= 11 is 0. The Bertz CT molecular complexity index is 1160. The van der Waals surface area contributed by atoms with Crippen LogP contribution in [0.5, 0.6) is 5.75 Å². The zero-order chi connectivity index (χ0) is 23.2. The van der Waals surface area contributed by atoms with Gasteiger partial charge < -0.3 is 19.5 Å². The lowest BCUT2D eigenvalue weighted by atomic mass is 9.95. The number of Topliss-reactive ketones (excluding diaryl/α,β-unsaturated/α-hetero) is 1. The zero-order valence-corrected chi connectivity index (χ0v) is 18.2. The minimum atomic E-state index is -0.770. The number of benzene rings is 2. The first-order valence-corrected chi connectivity index (χ1v) is 10.5. The third-order valence-corrected chi connectivity index (χ3v) is 5.45. The first-order chi connectivity index (χ1) is 16.1. The lowest BCUT2D eigenvalue weighted by molar-refractivity contribution is -0.140. The van der Waals surface area contributed by atoms with Crippen LogP contribution in [0.4, 0.5) is 0 Å². The zero-order valence-electron chi connectivity index (χ0n) is 18.2. The molecule has 2 heterocycles. The number of rotatable bonds is 8. The summed E-state index contributed by atoms with van der Waals surface area (Å²) in [7, 11) is 1.53. The molecule has 7 nitrogen and oxygen atoms in total. The third-order valence-electron chi connectivity index (χ3n) is 5.45. The van der Waals surface area contributed by atoms with E-state index in [2.05, 4.69) is 4.98 Å². The summed E-state index contributed by atoms with van der Waals surface area (Å²) in [6, 6.07) is 19.4. The van der Waals surface area contributed by atoms with Gasteiger partial charge in [-0.2, -0.15) is 0 Å². The van der Waals surface area contributed by atoms with Crippen molar-refractivity contribution in [3.05, 3.63) is 101 Å². The van der Waals surface area contributed by atoms with Crippen LogP contribution in [0, 0.1) is 0 Å². The average molecular weight is 444 g/mol. The van der Waals surface area contributed by atoms with Gasteiger partial charge in [-0.15, -0.1) is 0 Å². The minimum absolute atomic E-state index is 0.0301. The molecule has 0 bridgehead atoms. The van der Waals surface area contributed by atoms with Crippen molar-refractivity contribution in [2.24, 2.45) is 0 Å². The summed E-state index contributed by atoms with van der Waals surface area (Å²) < 4.78 is 11.1. The van der Waals surface area contributed by atoms with E-state index in [1.54, 1.807) is 24.3 Å². The van der Waals surface area contributed by atoms with Crippen molar-refractivity contribution in [2.75, 3.05) is 20.3 Å². The molecule has 1 N–H and O–H groups in total. The van der Waals surface area contributed by atoms with Crippen LogP contribution in [0.15, 0.2) is 84.7 Å². The number of amides is 1. The molecule has 1 aliphatic heterocycles. The number of methoxy groups -OCH3 is 1. The van der Waals surface area contributed by atoms with Crippen molar-refractivity contribution >= 4 is 17.4 Å². The Morgan fingerprint density at radius 2 is 1.79 bits per heavy atom. The smallest absolute Gasteiger partial charge is 0.295 e. The van der Waals surface area contributed by atoms with Crippen LogP contribution in [0.1, 0.15) is 22.7 Å². The van der Waals surface area contributed by atoms with Gasteiger partial charge >= 0.3 is 0 Å². The molecule has 1 amide bonds. The van der Waals surface area contributed by atoms with Gasteiger partial charge in [-0.1, -0.05) is 42.5 Å². The number of nitrogens with zero attached hydrogens (tertiary/aromatic N) is 2. The molecular weight excluding hydrogens is 420 g/mol. The highest BCUT2D eigenvalue weighted by Gasteiger charge is 2.46. The van der Waals surface area contributed by atoms with Gasteiger partial charge in [0.15, 0.2) is 0 Å². The van der Waals surface area contributed by atoms with Crippen LogP contribution < -0.4 is 4.74 Å². The average Bonchev–Trinajstić information content (AvgIpc) is 3.12. The molecule has 4 rings (SSSR count). The van der Waals surface area contributed by atoms with Gasteiger partial charge in [-0.05, 0) is 35.4 Å². The van der Waals surface area contributed by atoms with Crippen LogP contribution >= 0.6 is 0 Å². The molecule has 1 saturated heterocycles. The van der Waals surface area contributed by atoms with Gasteiger partial charge in [-0.25, -0.2) is 0 Å². The van der Waals surface area contributed by atoms with E-state index in [1.807, 2.05) is 42.5 Å². The Morgan fingerprint density at radius 3 is 2.52 bits per heavy atom. The molecule has 0 radical (unpaired) electrons. The molecule has 0 saturated carbocycles. The minimum Gasteiger partial charge on any atom is -0.507 e. The van der Waals surface area contributed by atoms with Crippen molar-refractivity contribution < 1.29 is 24.2 Å². The van der Waals surface area contributed by atoms with Crippen LogP contribution in [0.25, 0.3) is 5.76 Å². The number of aliphatic hydroxyl groups excluding tert-OH is 1. The molecule has 168 valence electrons. The van der Waals surface area contributed by atoms with E-state index < -0.39 is 17.7 Å². The molecule has 1 atom stereocenters. The van der Waals surface area contributed by atoms with Gasteiger partial charge in [0.2, 0.25) is 0 Å². The largest absolute Gasteiger partial charge is 0.507 e. The summed E-state index contributed by atoms with van der Waals surface area (Å²) in [4.78, 5) is 31.2. The van der Waals surface area contributed by atoms with Crippen LogP contribution in [-0.2, 0) is 20.9 Å². The maximum absolute atomic E-state index is 13.0. The van der Waals surface area contributed by atoms with Crippen molar-refractivity contribution in [1.29, 1.82) is 0 Å². The molecule has 1 aliphatic rings. The molecule has 33 heavy (non-hydrogen) atoms. The van der Waals surface area contributed by atoms with E-state index in [0.717, 1.165) is 5.56 Å². The Labute approximate surface area is 191 Å². The van der Waals surface area contributed by atoms with E-state index in [-0.39, 0.29) is 24.5 Å². The Hall–Kier alpha value is -3.97. The number of pyridine rings is 1. The summed E-state index contributed by atoms with van der Waals surface area (Å²) in [6.45, 7) is 0.835. The predicted octanol–water partition coefficient (Wildman–Crippen LogP) is 3.73. The van der Waals surface area contributed by atoms with Crippen molar-refractivity contribution in [3.63, 3.8) is 0 Å². The number of carbonyl (C=O) groups excluding carboxylic acids is 2. The summed E-state index contributed by atoms with van der Waals surface area (Å²) in [5, 5.41) is 11.0. The van der Waals surface area contributed by atoms with Crippen LogP contribution in [0.3, 0.4) is 0 Å². The Kier molecular flexibility index (Phi) is 6.80. The number of hydrogen-bond acceptors (Lipinski definition) is 6. The Balaban J connectivity index is 1.72. The van der Waals surface area contributed by atoms with Gasteiger partial charge in [0.1, 0.15) is 18.1 Å². The lowest BCUT2D eigenvalue weighted by Crippen LogP contribution is -2.32. The monoisotopic (exact) mass is 444 g/mol. The molecule has 1 fully saturated rings. The fraction of sp³-hybridized carbons (Fsp3) is 0.192. The number of aliphatic hydroxyl groups is 1. The second kappa shape index (κ2) is 10.1. The first kappa shape index (κ1) is 22.2. The summed E-state index contributed by atoms with van der Waals surface area (Å²) in [5.41, 5.74) is 2.12. The van der Waals surface area contributed by atoms with Gasteiger partial charge in [0, 0.05) is 31.6 Å². The molecule has 0 spiro atoms. The second-order valence-corrected chi connectivity index (χ2v) is 7.57. The number of likely N-dealkylation sites (tertiary alicyclic amines) is 1. The fourth-order valence-corrected chi connectivity index (χ4v) is 3.83. The highest BCUT2D eigenvalue weighted by Crippen LogP contribution is 2.40. The molecule has 0 aliphatic carbocycles. The topological polar surface area (TPSA) is 89.0 Å². The molecule has 2 aromatic carbocycles. The van der Waals surface area contributed by atoms with E-state index in [4.69, 9.17) is 9.47 Å². The van der Waals surface area contributed by atoms with Crippen LogP contribution in [-0.4, -0.2) is 46.9 Å². The molecule has 3 aromatic rings. The summed E-state index contributed by atoms with van der Waals surface area (Å²) in [6.07, 6.45) is 3.03. The molecule has 7 heteroatoms. The number of ketones is 1. The quantitative estimate of drug-likeness (QED) is 0.324. The highest BCUT2D eigenvalue weighted by molar-refractivity contribution is 6.46. The first-order valence-electron chi connectivity index (χ1n) is 10.5. The predicted molar refractivity (Wildman–Crippen MR) is 122 cm³/mol. The second-order valence-electron chi connectivity index (χ2n) is 7.57.